The summed E-state index contributed by atoms with van der Waals surface area (Å²) in [4.78, 5) is 13.4. The van der Waals surface area contributed by atoms with Crippen LogP contribution in [0.25, 0.3) is 22.3 Å². The highest BCUT2D eigenvalue weighted by molar-refractivity contribution is 5.92. The monoisotopic (exact) mass is 564 g/mol. The van der Waals surface area contributed by atoms with Crippen molar-refractivity contribution in [3.8, 4) is 28.6 Å². The molecule has 9 atom stereocenters. The van der Waals surface area contributed by atoms with Crippen molar-refractivity contribution in [1.29, 1.82) is 0 Å². The molecular weight excluding hydrogens is 536 g/mol. The van der Waals surface area contributed by atoms with Crippen LogP contribution in [0.15, 0.2) is 39.5 Å². The van der Waals surface area contributed by atoms with Gasteiger partial charge in [-0.05, 0) is 24.3 Å². The number of aromatic hydroxyl groups is 3. The second-order valence-electron chi connectivity index (χ2n) is 9.80. The van der Waals surface area contributed by atoms with E-state index >= 15 is 0 Å². The van der Waals surface area contributed by atoms with E-state index in [9.17, 15) is 55.9 Å². The van der Waals surface area contributed by atoms with Gasteiger partial charge in [-0.15, -0.1) is 0 Å². The average Bonchev–Trinajstić information content (AvgIpc) is 2.92. The Morgan fingerprint density at radius 2 is 1.43 bits per heavy atom. The third-order valence-corrected chi connectivity index (χ3v) is 7.31. The number of phenolic OH excluding ortho intramolecular Hbond substituents is 3. The van der Waals surface area contributed by atoms with Crippen LogP contribution in [-0.4, -0.2) is 107 Å². The third-order valence-electron chi connectivity index (χ3n) is 7.31. The van der Waals surface area contributed by atoms with Crippen molar-refractivity contribution in [2.24, 2.45) is 0 Å². The molecule has 3 aromatic rings. The molecule has 216 valence electrons. The summed E-state index contributed by atoms with van der Waals surface area (Å²) in [5.74, 6) is -2.01. The zero-order chi connectivity index (χ0) is 29.0. The number of fused-ring (bicyclic) bond motifs is 1. The summed E-state index contributed by atoms with van der Waals surface area (Å²) in [5, 5.41) is 104. The summed E-state index contributed by atoms with van der Waals surface area (Å²) < 4.78 is 16.9. The normalized spacial score (nSPS) is 32.8. The Hall–Kier alpha value is -3.31. The molecule has 14 heteroatoms. The minimum absolute atomic E-state index is 0.0710. The number of benzene rings is 2. The van der Waals surface area contributed by atoms with Crippen molar-refractivity contribution in [3.63, 3.8) is 0 Å². The van der Waals surface area contributed by atoms with Crippen LogP contribution in [0.2, 0.25) is 0 Å². The summed E-state index contributed by atoms with van der Waals surface area (Å²) in [5.41, 5.74) is -2.15. The lowest BCUT2D eigenvalue weighted by Gasteiger charge is -2.41. The van der Waals surface area contributed by atoms with Crippen LogP contribution in [0.3, 0.4) is 0 Å². The third kappa shape index (κ3) is 4.49. The number of aliphatic hydroxyl groups excluding tert-OH is 7. The number of rotatable bonds is 4. The fourth-order valence-corrected chi connectivity index (χ4v) is 5.11. The van der Waals surface area contributed by atoms with Gasteiger partial charge in [0.2, 0.25) is 0 Å². The molecule has 14 nitrogen and oxygen atoms in total. The van der Waals surface area contributed by atoms with Crippen LogP contribution < -0.4 is 5.43 Å². The quantitative estimate of drug-likeness (QED) is 0.169. The molecule has 2 aliphatic rings. The molecule has 0 bridgehead atoms. The van der Waals surface area contributed by atoms with Gasteiger partial charge in [-0.2, -0.15) is 0 Å². The van der Waals surface area contributed by atoms with Crippen molar-refractivity contribution >= 4 is 11.0 Å². The summed E-state index contributed by atoms with van der Waals surface area (Å²) >= 11 is 0. The van der Waals surface area contributed by atoms with Crippen molar-refractivity contribution < 1.29 is 65.0 Å². The molecule has 0 spiro atoms. The first-order chi connectivity index (χ1) is 19.0. The van der Waals surface area contributed by atoms with E-state index < -0.39 is 107 Å². The highest BCUT2D eigenvalue weighted by Crippen LogP contribution is 2.50. The van der Waals surface area contributed by atoms with Gasteiger partial charge in [0.05, 0.1) is 24.3 Å². The highest BCUT2D eigenvalue weighted by atomic mass is 16.5. The maximum atomic E-state index is 13.4. The van der Waals surface area contributed by atoms with Crippen LogP contribution in [-0.2, 0) is 9.47 Å². The van der Waals surface area contributed by atoms with Gasteiger partial charge < -0.3 is 65.0 Å². The smallest absolute Gasteiger partial charge is 0.197 e. The van der Waals surface area contributed by atoms with Crippen LogP contribution >= 0.6 is 0 Å². The molecule has 1 aromatic heterocycles. The van der Waals surface area contributed by atoms with Crippen LogP contribution in [0.4, 0.5) is 0 Å². The molecule has 2 fully saturated rings. The molecule has 40 heavy (non-hydrogen) atoms. The maximum absolute atomic E-state index is 13.4. The molecule has 0 radical (unpaired) electrons. The van der Waals surface area contributed by atoms with E-state index in [0.717, 1.165) is 6.07 Å². The Morgan fingerprint density at radius 3 is 2.08 bits per heavy atom. The van der Waals surface area contributed by atoms with Crippen molar-refractivity contribution in [2.75, 3.05) is 13.2 Å². The Morgan fingerprint density at radius 1 is 0.775 bits per heavy atom. The minimum atomic E-state index is -1.98. The number of hydrogen-bond acceptors (Lipinski definition) is 14. The predicted octanol–water partition coefficient (Wildman–Crippen LogP) is -1.75. The first-order valence-corrected chi connectivity index (χ1v) is 12.3. The summed E-state index contributed by atoms with van der Waals surface area (Å²) in [7, 11) is 0. The molecule has 0 amide bonds. The fourth-order valence-electron chi connectivity index (χ4n) is 5.11. The van der Waals surface area contributed by atoms with Gasteiger partial charge in [0.1, 0.15) is 83.3 Å². The van der Waals surface area contributed by atoms with Gasteiger partial charge in [0, 0.05) is 11.6 Å². The Labute approximate surface area is 224 Å². The van der Waals surface area contributed by atoms with Crippen molar-refractivity contribution in [1.82, 2.24) is 0 Å². The molecule has 3 unspecified atom stereocenters. The van der Waals surface area contributed by atoms with E-state index in [1.807, 2.05) is 0 Å². The van der Waals surface area contributed by atoms with Gasteiger partial charge in [-0.1, -0.05) is 0 Å². The standard InChI is InChI=1S/C26H28O14/c27-6-13-18(32)21(35)23(37)26(40-13)15-19(33)14-10(29)5-12(8-1-3-9(28)4-2-8)39-24(14)16(20(15)34)25-22(36)17(31)11(30)7-38-25/h1-5,11,13,17-18,21-23,25-28,30-37H,6-7H2/t11-,13?,17+,18+,21+,22?,23?,25-,26-/m0/s1. The van der Waals surface area contributed by atoms with Gasteiger partial charge in [-0.25, -0.2) is 0 Å². The second kappa shape index (κ2) is 10.6. The second-order valence-corrected chi connectivity index (χ2v) is 9.80. The topological polar surface area (TPSA) is 251 Å². The summed E-state index contributed by atoms with van der Waals surface area (Å²) in [6.45, 7) is -1.34. The average molecular weight is 564 g/mol. The Balaban J connectivity index is 1.80. The summed E-state index contributed by atoms with van der Waals surface area (Å²) in [6, 6.07) is 6.50. The van der Waals surface area contributed by atoms with E-state index in [1.165, 1.54) is 24.3 Å². The molecule has 5 rings (SSSR count). The first-order valence-electron chi connectivity index (χ1n) is 12.3. The number of ether oxygens (including phenoxy) is 2. The van der Waals surface area contributed by atoms with E-state index in [-0.39, 0.29) is 11.5 Å². The molecule has 2 aromatic carbocycles. The van der Waals surface area contributed by atoms with E-state index in [1.54, 1.807) is 0 Å². The molecule has 0 aliphatic carbocycles. The predicted molar refractivity (Wildman–Crippen MR) is 132 cm³/mol. The largest absolute Gasteiger partial charge is 0.508 e. The summed E-state index contributed by atoms with van der Waals surface area (Å²) in [6.07, 6.45) is -15.7. The molecule has 2 saturated heterocycles. The molecule has 10 N–H and O–H groups in total. The van der Waals surface area contributed by atoms with Gasteiger partial charge >= 0.3 is 0 Å². The van der Waals surface area contributed by atoms with Gasteiger partial charge in [0.25, 0.3) is 0 Å². The van der Waals surface area contributed by atoms with Crippen LogP contribution in [0.5, 0.6) is 17.2 Å². The molecule has 3 heterocycles. The van der Waals surface area contributed by atoms with Crippen molar-refractivity contribution in [2.45, 2.75) is 54.9 Å². The Bertz CT molecular complexity index is 1450. The van der Waals surface area contributed by atoms with E-state index in [4.69, 9.17) is 13.9 Å². The number of aliphatic hydroxyl groups is 7. The van der Waals surface area contributed by atoms with Crippen molar-refractivity contribution in [3.05, 3.63) is 51.7 Å². The lowest BCUT2D eigenvalue weighted by molar-refractivity contribution is -0.232. The zero-order valence-electron chi connectivity index (χ0n) is 20.6. The number of hydrogen-bond donors (Lipinski definition) is 10. The van der Waals surface area contributed by atoms with E-state index in [0.29, 0.717) is 5.56 Å². The van der Waals surface area contributed by atoms with E-state index in [2.05, 4.69) is 0 Å². The van der Waals surface area contributed by atoms with Gasteiger partial charge in [-0.3, -0.25) is 4.79 Å². The molecular formula is C26H28O14. The first kappa shape index (κ1) is 28.2. The number of phenols is 3. The highest BCUT2D eigenvalue weighted by Gasteiger charge is 2.48. The van der Waals surface area contributed by atoms with Crippen LogP contribution in [0, 0.1) is 0 Å². The SMILES string of the molecule is O=c1cc(-c2ccc(O)cc2)oc2c([C@@H]3OC[C@H](O)[C@@H](O)C3O)c(O)c([C@@H]3OC(CO)[C@@H](O)[C@@H](O)C3O)c(O)c12. The molecule has 2 aliphatic heterocycles. The fraction of sp³-hybridized carbons (Fsp3) is 0.423. The minimum Gasteiger partial charge on any atom is -0.508 e. The lowest BCUT2D eigenvalue weighted by atomic mass is 9.85. The maximum Gasteiger partial charge on any atom is 0.197 e. The molecule has 0 saturated carbocycles. The Kier molecular flexibility index (Phi) is 7.47. The van der Waals surface area contributed by atoms with Gasteiger partial charge in [0.15, 0.2) is 11.0 Å². The lowest BCUT2D eigenvalue weighted by Crippen LogP contribution is -2.55. The van der Waals surface area contributed by atoms with Crippen LogP contribution in [0.1, 0.15) is 23.3 Å². The zero-order valence-corrected chi connectivity index (χ0v) is 20.6.